The van der Waals surface area contributed by atoms with Gasteiger partial charge >= 0.3 is 0 Å². The highest BCUT2D eigenvalue weighted by Crippen LogP contribution is 2.06. The summed E-state index contributed by atoms with van der Waals surface area (Å²) >= 11 is 0. The van der Waals surface area contributed by atoms with Gasteiger partial charge in [-0.25, -0.2) is 0 Å². The van der Waals surface area contributed by atoms with Crippen LogP contribution >= 0.6 is 0 Å². The number of nitrogens with one attached hydrogen (secondary N) is 1. The van der Waals surface area contributed by atoms with Crippen LogP contribution in [0.25, 0.3) is 6.08 Å². The van der Waals surface area contributed by atoms with Crippen molar-refractivity contribution in [1.29, 1.82) is 0 Å². The van der Waals surface area contributed by atoms with Crippen LogP contribution in [0.5, 0.6) is 0 Å². The Balaban J connectivity index is 2.68. The van der Waals surface area contributed by atoms with Gasteiger partial charge in [0.25, 0.3) is 0 Å². The first-order valence-electron chi connectivity index (χ1n) is 4.64. The average Bonchev–Trinajstić information content (AvgIpc) is 2.18. The minimum Gasteiger partial charge on any atom is -0.333 e. The van der Waals surface area contributed by atoms with Crippen LogP contribution in [0.1, 0.15) is 29.8 Å². The first kappa shape index (κ1) is 11.2. The van der Waals surface area contributed by atoms with Gasteiger partial charge in [-0.2, -0.15) is 0 Å². The number of amides is 1. The first-order valence-corrected chi connectivity index (χ1v) is 4.64. The van der Waals surface area contributed by atoms with Gasteiger partial charge in [0.15, 0.2) is 5.78 Å². The van der Waals surface area contributed by atoms with E-state index >= 15 is 0 Å². The zero-order valence-corrected chi connectivity index (χ0v) is 8.78. The summed E-state index contributed by atoms with van der Waals surface area (Å²) in [6.45, 7) is 2.98. The van der Waals surface area contributed by atoms with Gasteiger partial charge in [-0.1, -0.05) is 24.3 Å². The molecule has 0 saturated heterocycles. The summed E-state index contributed by atoms with van der Waals surface area (Å²) in [5.41, 5.74) is 1.63. The van der Waals surface area contributed by atoms with Gasteiger partial charge in [-0.05, 0) is 18.6 Å². The SMILES string of the molecule is CC(=O)N/C=C/c1ccc(C(C)=O)cc1. The Labute approximate surface area is 88.8 Å². The van der Waals surface area contributed by atoms with Crippen LogP contribution in [0.4, 0.5) is 0 Å². The van der Waals surface area contributed by atoms with E-state index in [0.29, 0.717) is 5.56 Å². The number of hydrogen-bond donors (Lipinski definition) is 1. The highest BCUT2D eigenvalue weighted by Gasteiger charge is 1.96. The minimum absolute atomic E-state index is 0.0485. The maximum atomic E-state index is 11.0. The average molecular weight is 203 g/mol. The lowest BCUT2D eigenvalue weighted by Gasteiger charge is -1.97. The van der Waals surface area contributed by atoms with Crippen LogP contribution in [-0.2, 0) is 4.79 Å². The number of rotatable bonds is 3. The molecule has 0 aliphatic carbocycles. The third kappa shape index (κ3) is 3.77. The van der Waals surface area contributed by atoms with Crippen LogP contribution in [0.3, 0.4) is 0 Å². The second-order valence-corrected chi connectivity index (χ2v) is 3.21. The van der Waals surface area contributed by atoms with E-state index in [0.717, 1.165) is 5.56 Å². The largest absolute Gasteiger partial charge is 0.333 e. The zero-order chi connectivity index (χ0) is 11.3. The molecule has 1 aromatic carbocycles. The monoisotopic (exact) mass is 203 g/mol. The number of benzene rings is 1. The molecule has 0 bridgehead atoms. The number of hydrogen-bond acceptors (Lipinski definition) is 2. The second kappa shape index (κ2) is 5.10. The Kier molecular flexibility index (Phi) is 3.80. The molecule has 3 nitrogen and oxygen atoms in total. The lowest BCUT2D eigenvalue weighted by Crippen LogP contribution is -2.10. The molecular weight excluding hydrogens is 190 g/mol. The van der Waals surface area contributed by atoms with Crippen LogP contribution in [0.15, 0.2) is 30.5 Å². The lowest BCUT2D eigenvalue weighted by atomic mass is 10.1. The number of carbonyl (C=O) groups excluding carboxylic acids is 2. The molecule has 0 saturated carbocycles. The Bertz CT molecular complexity index is 391. The number of Topliss-reactive ketones (excluding diaryl/α,β-unsaturated/α-hetero) is 1. The van der Waals surface area contributed by atoms with Crippen molar-refractivity contribution in [2.24, 2.45) is 0 Å². The summed E-state index contributed by atoms with van der Waals surface area (Å²) < 4.78 is 0. The fourth-order valence-corrected chi connectivity index (χ4v) is 1.08. The highest BCUT2D eigenvalue weighted by molar-refractivity contribution is 5.94. The van der Waals surface area contributed by atoms with Gasteiger partial charge in [-0.15, -0.1) is 0 Å². The van der Waals surface area contributed by atoms with Gasteiger partial charge in [0.1, 0.15) is 0 Å². The van der Waals surface area contributed by atoms with E-state index in [1.165, 1.54) is 13.8 Å². The maximum Gasteiger partial charge on any atom is 0.220 e. The van der Waals surface area contributed by atoms with Gasteiger partial charge in [0.05, 0.1) is 0 Å². The molecule has 0 aliphatic rings. The molecule has 78 valence electrons. The van der Waals surface area contributed by atoms with E-state index in [1.807, 2.05) is 12.1 Å². The third-order valence-electron chi connectivity index (χ3n) is 1.88. The van der Waals surface area contributed by atoms with E-state index in [-0.39, 0.29) is 11.7 Å². The molecule has 0 atom stereocenters. The quantitative estimate of drug-likeness (QED) is 0.764. The molecule has 1 rings (SSSR count). The van der Waals surface area contributed by atoms with Crippen LogP contribution in [0.2, 0.25) is 0 Å². The van der Waals surface area contributed by atoms with Crippen LogP contribution in [0, 0.1) is 0 Å². The topological polar surface area (TPSA) is 46.2 Å². The predicted molar refractivity (Wildman–Crippen MR) is 59.3 cm³/mol. The summed E-state index contributed by atoms with van der Waals surface area (Å²) in [6.07, 6.45) is 3.34. The van der Waals surface area contributed by atoms with Crippen molar-refractivity contribution in [3.05, 3.63) is 41.6 Å². The van der Waals surface area contributed by atoms with Crippen molar-refractivity contribution in [3.8, 4) is 0 Å². The van der Waals surface area contributed by atoms with Crippen molar-refractivity contribution >= 4 is 17.8 Å². The van der Waals surface area contributed by atoms with E-state index in [1.54, 1.807) is 24.4 Å². The molecule has 0 aromatic heterocycles. The highest BCUT2D eigenvalue weighted by atomic mass is 16.1. The van der Waals surface area contributed by atoms with Crippen LogP contribution in [-0.4, -0.2) is 11.7 Å². The Morgan fingerprint density at radius 1 is 1.13 bits per heavy atom. The molecule has 0 aliphatic heterocycles. The molecule has 1 amide bonds. The van der Waals surface area contributed by atoms with Crippen molar-refractivity contribution in [2.45, 2.75) is 13.8 Å². The predicted octanol–water partition coefficient (Wildman–Crippen LogP) is 2.00. The third-order valence-corrected chi connectivity index (χ3v) is 1.88. The minimum atomic E-state index is -0.105. The number of ketones is 1. The lowest BCUT2D eigenvalue weighted by molar-refractivity contribution is -0.118. The van der Waals surface area contributed by atoms with Crippen molar-refractivity contribution in [1.82, 2.24) is 5.32 Å². The Morgan fingerprint density at radius 3 is 2.20 bits per heavy atom. The van der Waals surface area contributed by atoms with Crippen molar-refractivity contribution < 1.29 is 9.59 Å². The van der Waals surface area contributed by atoms with Gasteiger partial charge in [-0.3, -0.25) is 9.59 Å². The van der Waals surface area contributed by atoms with Gasteiger partial charge < -0.3 is 5.32 Å². The molecule has 0 unspecified atom stereocenters. The molecule has 0 radical (unpaired) electrons. The molecular formula is C12H13NO2. The number of carbonyl (C=O) groups is 2. The summed E-state index contributed by atoms with van der Waals surface area (Å²) in [4.78, 5) is 21.6. The summed E-state index contributed by atoms with van der Waals surface area (Å²) in [5.74, 6) is -0.0565. The van der Waals surface area contributed by atoms with E-state index in [9.17, 15) is 9.59 Å². The smallest absolute Gasteiger partial charge is 0.220 e. The van der Waals surface area contributed by atoms with Crippen molar-refractivity contribution in [3.63, 3.8) is 0 Å². The fraction of sp³-hybridized carbons (Fsp3) is 0.167. The van der Waals surface area contributed by atoms with Gasteiger partial charge in [0.2, 0.25) is 5.91 Å². The normalized spacial score (nSPS) is 10.3. The van der Waals surface area contributed by atoms with E-state index < -0.39 is 0 Å². The molecule has 0 fully saturated rings. The molecule has 15 heavy (non-hydrogen) atoms. The molecule has 0 spiro atoms. The van der Waals surface area contributed by atoms with Crippen molar-refractivity contribution in [2.75, 3.05) is 0 Å². The maximum absolute atomic E-state index is 11.0. The summed E-state index contributed by atoms with van der Waals surface area (Å²) in [7, 11) is 0. The van der Waals surface area contributed by atoms with Gasteiger partial charge in [0, 0.05) is 18.7 Å². The zero-order valence-electron chi connectivity index (χ0n) is 8.78. The van der Waals surface area contributed by atoms with E-state index in [2.05, 4.69) is 5.32 Å². The molecule has 3 heteroatoms. The first-order chi connectivity index (χ1) is 7.09. The second-order valence-electron chi connectivity index (χ2n) is 3.21. The summed E-state index contributed by atoms with van der Waals surface area (Å²) in [6, 6.07) is 7.18. The standard InChI is InChI=1S/C12H13NO2/c1-9(14)12-5-3-11(4-6-12)7-8-13-10(2)15/h3-8H,1-2H3,(H,13,15)/b8-7+. The summed E-state index contributed by atoms with van der Waals surface area (Å²) in [5, 5.41) is 2.54. The molecule has 1 aromatic rings. The Morgan fingerprint density at radius 2 is 1.73 bits per heavy atom. The fourth-order valence-electron chi connectivity index (χ4n) is 1.08. The molecule has 0 heterocycles. The molecule has 1 N–H and O–H groups in total. The van der Waals surface area contributed by atoms with Crippen LogP contribution < -0.4 is 5.32 Å². The Hall–Kier alpha value is -1.90. The van der Waals surface area contributed by atoms with E-state index in [4.69, 9.17) is 0 Å².